The summed E-state index contributed by atoms with van der Waals surface area (Å²) in [5, 5.41) is 3.02. The molecule has 0 aliphatic heterocycles. The summed E-state index contributed by atoms with van der Waals surface area (Å²) < 4.78 is 12.3. The van der Waals surface area contributed by atoms with Crippen LogP contribution < -0.4 is 10.4 Å². The summed E-state index contributed by atoms with van der Waals surface area (Å²) in [6, 6.07) is 22.4. The van der Waals surface area contributed by atoms with Crippen molar-refractivity contribution in [3.8, 4) is 0 Å². The zero-order chi connectivity index (χ0) is 21.9. The third kappa shape index (κ3) is 6.53. The summed E-state index contributed by atoms with van der Waals surface area (Å²) in [7, 11) is -0.908. The molecule has 1 aliphatic carbocycles. The van der Waals surface area contributed by atoms with E-state index in [0.717, 1.165) is 26.4 Å². The van der Waals surface area contributed by atoms with Gasteiger partial charge in [-0.25, -0.2) is 0 Å². The van der Waals surface area contributed by atoms with Gasteiger partial charge in [0.05, 0.1) is 13.2 Å². The molecule has 0 N–H and O–H groups in total. The van der Waals surface area contributed by atoms with Gasteiger partial charge in [0.25, 0.3) is 0 Å². The van der Waals surface area contributed by atoms with Gasteiger partial charge in [-0.2, -0.15) is 0 Å². The Morgan fingerprint density at radius 1 is 0.806 bits per heavy atom. The van der Waals surface area contributed by atoms with Crippen LogP contribution in [0, 0.1) is 11.3 Å². The van der Waals surface area contributed by atoms with Crippen LogP contribution in [-0.2, 0) is 9.47 Å². The molecule has 1 radical (unpaired) electrons. The Morgan fingerprint density at radius 2 is 1.29 bits per heavy atom. The average molecular weight is 438 g/mol. The molecule has 0 saturated heterocycles. The van der Waals surface area contributed by atoms with Gasteiger partial charge < -0.3 is 9.47 Å². The largest absolute Gasteiger partial charge is 0.381 e. The second kappa shape index (κ2) is 12.6. The lowest BCUT2D eigenvalue weighted by Crippen LogP contribution is -2.49. The summed E-state index contributed by atoms with van der Waals surface area (Å²) in [5.74, 6) is 0.705. The summed E-state index contributed by atoms with van der Waals surface area (Å²) in [6.45, 7) is 9.96. The van der Waals surface area contributed by atoms with E-state index in [1.54, 1.807) is 0 Å². The maximum absolute atomic E-state index is 6.17. The molecule has 1 unspecified atom stereocenters. The first kappa shape index (κ1) is 24.2. The molecule has 1 aliphatic rings. The predicted octanol–water partition coefficient (Wildman–Crippen LogP) is 5.72. The zero-order valence-corrected chi connectivity index (χ0v) is 20.8. The molecule has 0 heterocycles. The predicted molar refractivity (Wildman–Crippen MR) is 134 cm³/mol. The van der Waals surface area contributed by atoms with Gasteiger partial charge in [0, 0.05) is 18.6 Å². The Kier molecular flexibility index (Phi) is 9.82. The van der Waals surface area contributed by atoms with Gasteiger partial charge in [0.15, 0.2) is 0 Å². The molecule has 31 heavy (non-hydrogen) atoms. The third-order valence-corrected chi connectivity index (χ3v) is 10.1. The van der Waals surface area contributed by atoms with E-state index in [0.29, 0.717) is 11.5 Å². The SMILES string of the molecule is CCOCC(COCC)(CC(C)[Si](c1ccccc1)c1ccccc1)C1CCCCC1. The lowest BCUT2D eigenvalue weighted by molar-refractivity contribution is -0.0655. The van der Waals surface area contributed by atoms with E-state index >= 15 is 0 Å². The fraction of sp³-hybridized carbons (Fsp3) is 0.571. The molecule has 3 heteroatoms. The third-order valence-electron chi connectivity index (χ3n) is 7.03. The number of ether oxygens (including phenoxy) is 2. The van der Waals surface area contributed by atoms with Gasteiger partial charge >= 0.3 is 0 Å². The van der Waals surface area contributed by atoms with Crippen molar-refractivity contribution in [1.82, 2.24) is 0 Å². The number of rotatable bonds is 12. The van der Waals surface area contributed by atoms with Crippen LogP contribution in [0.25, 0.3) is 0 Å². The van der Waals surface area contributed by atoms with Crippen LogP contribution in [0.1, 0.15) is 59.3 Å². The average Bonchev–Trinajstić information content (AvgIpc) is 2.83. The molecular weight excluding hydrogens is 396 g/mol. The Labute approximate surface area is 192 Å². The van der Waals surface area contributed by atoms with E-state index in [9.17, 15) is 0 Å². The van der Waals surface area contributed by atoms with Crippen LogP contribution in [0.15, 0.2) is 60.7 Å². The van der Waals surface area contributed by atoms with Crippen molar-refractivity contribution < 1.29 is 9.47 Å². The topological polar surface area (TPSA) is 18.5 Å². The van der Waals surface area contributed by atoms with Crippen LogP contribution in [0.2, 0.25) is 5.54 Å². The summed E-state index contributed by atoms with van der Waals surface area (Å²) in [4.78, 5) is 0. The zero-order valence-electron chi connectivity index (χ0n) is 19.8. The highest BCUT2D eigenvalue weighted by molar-refractivity contribution is 6.86. The van der Waals surface area contributed by atoms with E-state index in [2.05, 4.69) is 81.4 Å². The lowest BCUT2D eigenvalue weighted by Gasteiger charge is -2.45. The van der Waals surface area contributed by atoms with E-state index in [-0.39, 0.29) is 5.41 Å². The van der Waals surface area contributed by atoms with Crippen molar-refractivity contribution in [3.05, 3.63) is 60.7 Å². The highest BCUT2D eigenvalue weighted by atomic mass is 28.3. The van der Waals surface area contributed by atoms with Crippen molar-refractivity contribution >= 4 is 19.2 Å². The number of hydrogen-bond donors (Lipinski definition) is 0. The molecule has 169 valence electrons. The normalized spacial score (nSPS) is 16.5. The maximum Gasteiger partial charge on any atom is 0.124 e. The molecule has 2 aromatic rings. The quantitative estimate of drug-likeness (QED) is 0.396. The van der Waals surface area contributed by atoms with Crippen molar-refractivity contribution in [2.24, 2.45) is 11.3 Å². The fourth-order valence-electron chi connectivity index (χ4n) is 5.57. The molecular formula is C28H41O2Si. The first-order chi connectivity index (χ1) is 15.2. The van der Waals surface area contributed by atoms with Gasteiger partial charge in [-0.05, 0) is 44.6 Å². The Morgan fingerprint density at radius 3 is 1.74 bits per heavy atom. The maximum atomic E-state index is 6.17. The summed E-state index contributed by atoms with van der Waals surface area (Å²) in [5.41, 5.74) is 0.711. The minimum Gasteiger partial charge on any atom is -0.381 e. The highest BCUT2D eigenvalue weighted by Crippen LogP contribution is 2.45. The van der Waals surface area contributed by atoms with E-state index in [1.807, 2.05) is 0 Å². The van der Waals surface area contributed by atoms with Gasteiger partial charge in [-0.3, -0.25) is 0 Å². The van der Waals surface area contributed by atoms with E-state index in [4.69, 9.17) is 9.47 Å². The van der Waals surface area contributed by atoms with Crippen LogP contribution in [0.3, 0.4) is 0 Å². The molecule has 0 aromatic heterocycles. The molecule has 0 amide bonds. The molecule has 2 nitrogen and oxygen atoms in total. The van der Waals surface area contributed by atoms with Crippen molar-refractivity contribution in [2.45, 2.75) is 64.8 Å². The Bertz CT molecular complexity index is 680. The minimum atomic E-state index is -0.908. The van der Waals surface area contributed by atoms with Crippen LogP contribution in [0.5, 0.6) is 0 Å². The van der Waals surface area contributed by atoms with Crippen molar-refractivity contribution in [3.63, 3.8) is 0 Å². The standard InChI is InChI=1S/C28H41O2Si/c1-4-29-22-28(23-30-5-2,25-15-9-6-10-16-25)21-24(3)31(26-17-11-7-12-18-26)27-19-13-8-14-20-27/h7-8,11-14,17-20,24-25H,4-6,9-10,15-16,21-23H2,1-3H3. The Hall–Kier alpha value is -1.42. The van der Waals surface area contributed by atoms with Gasteiger partial charge in [0.2, 0.25) is 0 Å². The van der Waals surface area contributed by atoms with Gasteiger partial charge in [-0.1, -0.05) is 97.2 Å². The van der Waals surface area contributed by atoms with Crippen LogP contribution in [0.4, 0.5) is 0 Å². The molecule has 0 spiro atoms. The van der Waals surface area contributed by atoms with E-state index in [1.165, 1.54) is 48.9 Å². The highest BCUT2D eigenvalue weighted by Gasteiger charge is 2.42. The lowest BCUT2D eigenvalue weighted by atomic mass is 9.67. The minimum absolute atomic E-state index is 0.116. The van der Waals surface area contributed by atoms with Crippen molar-refractivity contribution in [1.29, 1.82) is 0 Å². The van der Waals surface area contributed by atoms with Crippen LogP contribution >= 0.6 is 0 Å². The fourth-order valence-corrected chi connectivity index (χ4v) is 8.76. The Balaban J connectivity index is 1.94. The van der Waals surface area contributed by atoms with Crippen molar-refractivity contribution in [2.75, 3.05) is 26.4 Å². The monoisotopic (exact) mass is 437 g/mol. The molecule has 2 aromatic carbocycles. The molecule has 3 rings (SSSR count). The van der Waals surface area contributed by atoms with Crippen LogP contribution in [-0.4, -0.2) is 35.2 Å². The second-order valence-electron chi connectivity index (χ2n) is 9.22. The van der Waals surface area contributed by atoms with Gasteiger partial charge in [0.1, 0.15) is 8.80 Å². The number of benzene rings is 2. The van der Waals surface area contributed by atoms with E-state index < -0.39 is 8.80 Å². The first-order valence-electron chi connectivity index (χ1n) is 12.3. The number of hydrogen-bond acceptors (Lipinski definition) is 2. The molecule has 0 bridgehead atoms. The second-order valence-corrected chi connectivity index (χ2v) is 12.2. The first-order valence-corrected chi connectivity index (χ1v) is 13.9. The van der Waals surface area contributed by atoms with Gasteiger partial charge in [-0.15, -0.1) is 0 Å². The molecule has 1 saturated carbocycles. The summed E-state index contributed by atoms with van der Waals surface area (Å²) >= 11 is 0. The molecule has 1 fully saturated rings. The summed E-state index contributed by atoms with van der Waals surface area (Å²) in [6.07, 6.45) is 7.92. The molecule has 1 atom stereocenters. The smallest absolute Gasteiger partial charge is 0.124 e.